The van der Waals surface area contributed by atoms with Crippen molar-refractivity contribution in [3.63, 3.8) is 0 Å². The highest BCUT2D eigenvalue weighted by Crippen LogP contribution is 2.25. The van der Waals surface area contributed by atoms with E-state index in [4.69, 9.17) is 22.1 Å². The Morgan fingerprint density at radius 3 is 2.48 bits per heavy atom. The van der Waals surface area contributed by atoms with Crippen molar-refractivity contribution in [1.29, 1.82) is 0 Å². The Balaban J connectivity index is 1.69. The second-order valence-electron chi connectivity index (χ2n) is 6.77. The standard InChI is InChI=1S/C18H24ClN3O3/c19-15-12-13(21-17(24)18(20)6-10-25-11-7-18)4-5-14(15)16(23)22-8-2-1-3-9-22/h4-5,12H,1-3,6-11,20H2,(H,21,24). The van der Waals surface area contributed by atoms with Gasteiger partial charge in [0.2, 0.25) is 5.91 Å². The number of halogens is 1. The zero-order valence-electron chi connectivity index (χ0n) is 14.2. The van der Waals surface area contributed by atoms with E-state index in [-0.39, 0.29) is 11.8 Å². The summed E-state index contributed by atoms with van der Waals surface area (Å²) in [4.78, 5) is 26.9. The maximum absolute atomic E-state index is 12.6. The summed E-state index contributed by atoms with van der Waals surface area (Å²) in [6.45, 7) is 2.50. The van der Waals surface area contributed by atoms with Gasteiger partial charge in [0.15, 0.2) is 0 Å². The molecule has 2 aliphatic heterocycles. The van der Waals surface area contributed by atoms with Gasteiger partial charge in [0, 0.05) is 32.0 Å². The average molecular weight is 366 g/mol. The number of ether oxygens (including phenoxy) is 1. The number of amides is 2. The van der Waals surface area contributed by atoms with E-state index >= 15 is 0 Å². The Kier molecular flexibility index (Phi) is 5.61. The summed E-state index contributed by atoms with van der Waals surface area (Å²) in [5, 5.41) is 3.15. The van der Waals surface area contributed by atoms with Crippen molar-refractivity contribution in [2.45, 2.75) is 37.6 Å². The first kappa shape index (κ1) is 18.2. The average Bonchev–Trinajstić information content (AvgIpc) is 2.63. The van der Waals surface area contributed by atoms with Gasteiger partial charge in [0.05, 0.1) is 10.6 Å². The van der Waals surface area contributed by atoms with Crippen LogP contribution in [0.25, 0.3) is 0 Å². The number of nitrogens with one attached hydrogen (secondary N) is 1. The highest BCUT2D eigenvalue weighted by molar-refractivity contribution is 6.34. The van der Waals surface area contributed by atoms with E-state index in [1.54, 1.807) is 18.2 Å². The van der Waals surface area contributed by atoms with Gasteiger partial charge < -0.3 is 20.7 Å². The Labute approximate surface area is 152 Å². The fourth-order valence-electron chi connectivity index (χ4n) is 3.25. The van der Waals surface area contributed by atoms with E-state index in [2.05, 4.69) is 5.32 Å². The van der Waals surface area contributed by atoms with E-state index in [9.17, 15) is 9.59 Å². The highest BCUT2D eigenvalue weighted by Gasteiger charge is 2.36. The van der Waals surface area contributed by atoms with Gasteiger partial charge in [-0.05, 0) is 50.3 Å². The minimum atomic E-state index is -0.924. The summed E-state index contributed by atoms with van der Waals surface area (Å²) in [5.74, 6) is -0.302. The van der Waals surface area contributed by atoms with Crippen molar-refractivity contribution in [1.82, 2.24) is 4.90 Å². The first-order valence-electron chi connectivity index (χ1n) is 8.76. The number of nitrogens with two attached hydrogens (primary N) is 1. The molecule has 0 atom stereocenters. The van der Waals surface area contributed by atoms with Crippen LogP contribution in [0.15, 0.2) is 18.2 Å². The van der Waals surface area contributed by atoms with Gasteiger partial charge >= 0.3 is 0 Å². The molecule has 25 heavy (non-hydrogen) atoms. The maximum Gasteiger partial charge on any atom is 0.255 e. The fourth-order valence-corrected chi connectivity index (χ4v) is 3.51. The Hall–Kier alpha value is -1.63. The molecule has 136 valence electrons. The number of anilines is 1. The number of likely N-dealkylation sites (tertiary alicyclic amines) is 1. The Morgan fingerprint density at radius 1 is 1.16 bits per heavy atom. The zero-order valence-corrected chi connectivity index (χ0v) is 15.0. The van der Waals surface area contributed by atoms with E-state index in [0.717, 1.165) is 32.4 Å². The molecule has 2 saturated heterocycles. The van der Waals surface area contributed by atoms with Gasteiger partial charge in [0.25, 0.3) is 5.91 Å². The molecule has 0 aliphatic carbocycles. The number of carbonyl (C=O) groups excluding carboxylic acids is 2. The smallest absolute Gasteiger partial charge is 0.255 e. The van der Waals surface area contributed by atoms with Gasteiger partial charge in [0.1, 0.15) is 5.54 Å². The van der Waals surface area contributed by atoms with Crippen LogP contribution in [0.4, 0.5) is 5.69 Å². The molecule has 7 heteroatoms. The second kappa shape index (κ2) is 7.72. The molecule has 2 amide bonds. The SMILES string of the molecule is NC1(C(=O)Nc2ccc(C(=O)N3CCCCC3)c(Cl)c2)CCOCC1. The third-order valence-electron chi connectivity index (χ3n) is 4.94. The summed E-state index contributed by atoms with van der Waals surface area (Å²) >= 11 is 6.30. The molecule has 2 fully saturated rings. The Morgan fingerprint density at radius 2 is 1.84 bits per heavy atom. The van der Waals surface area contributed by atoms with Gasteiger partial charge in [-0.3, -0.25) is 9.59 Å². The van der Waals surface area contributed by atoms with Crippen LogP contribution in [-0.2, 0) is 9.53 Å². The summed E-state index contributed by atoms with van der Waals surface area (Å²) in [6.07, 6.45) is 4.18. The first-order chi connectivity index (χ1) is 12.0. The number of hydrogen-bond acceptors (Lipinski definition) is 4. The molecule has 0 bridgehead atoms. The molecule has 3 rings (SSSR count). The molecule has 6 nitrogen and oxygen atoms in total. The molecule has 3 N–H and O–H groups in total. The van der Waals surface area contributed by atoms with Crippen LogP contribution in [0.1, 0.15) is 42.5 Å². The molecule has 2 heterocycles. The lowest BCUT2D eigenvalue weighted by Crippen LogP contribution is -2.54. The van der Waals surface area contributed by atoms with Gasteiger partial charge in [-0.2, -0.15) is 0 Å². The van der Waals surface area contributed by atoms with Crippen LogP contribution < -0.4 is 11.1 Å². The molecule has 0 unspecified atom stereocenters. The Bertz CT molecular complexity index is 653. The minimum absolute atomic E-state index is 0.0534. The van der Waals surface area contributed by atoms with Crippen LogP contribution in [0.2, 0.25) is 5.02 Å². The topological polar surface area (TPSA) is 84.7 Å². The van der Waals surface area contributed by atoms with Crippen LogP contribution in [0.5, 0.6) is 0 Å². The van der Waals surface area contributed by atoms with Crippen molar-refractivity contribution < 1.29 is 14.3 Å². The van der Waals surface area contributed by atoms with Gasteiger partial charge in [-0.1, -0.05) is 11.6 Å². The summed E-state index contributed by atoms with van der Waals surface area (Å²) < 4.78 is 5.26. The monoisotopic (exact) mass is 365 g/mol. The second-order valence-corrected chi connectivity index (χ2v) is 7.18. The van der Waals surface area contributed by atoms with Gasteiger partial charge in [-0.25, -0.2) is 0 Å². The molecule has 0 spiro atoms. The lowest BCUT2D eigenvalue weighted by atomic mass is 9.90. The van der Waals surface area contributed by atoms with E-state index in [0.29, 0.717) is 42.3 Å². The van der Waals surface area contributed by atoms with Crippen LogP contribution in [0, 0.1) is 0 Å². The lowest BCUT2D eigenvalue weighted by molar-refractivity contribution is -0.124. The minimum Gasteiger partial charge on any atom is -0.381 e. The van der Waals surface area contributed by atoms with Crippen molar-refractivity contribution in [3.8, 4) is 0 Å². The van der Waals surface area contributed by atoms with Crippen LogP contribution >= 0.6 is 11.6 Å². The molecule has 0 saturated carbocycles. The van der Waals surface area contributed by atoms with Crippen LogP contribution in [0.3, 0.4) is 0 Å². The molecule has 1 aromatic carbocycles. The fraction of sp³-hybridized carbons (Fsp3) is 0.556. The normalized spacial score (nSPS) is 20.2. The zero-order chi connectivity index (χ0) is 17.9. The third-order valence-corrected chi connectivity index (χ3v) is 5.25. The molecule has 2 aliphatic rings. The number of rotatable bonds is 3. The van der Waals surface area contributed by atoms with Crippen molar-refractivity contribution in [2.75, 3.05) is 31.6 Å². The van der Waals surface area contributed by atoms with Gasteiger partial charge in [-0.15, -0.1) is 0 Å². The number of hydrogen-bond donors (Lipinski definition) is 2. The number of nitrogens with zero attached hydrogens (tertiary/aromatic N) is 1. The lowest BCUT2D eigenvalue weighted by Gasteiger charge is -2.31. The predicted molar refractivity (Wildman–Crippen MR) is 96.8 cm³/mol. The third kappa shape index (κ3) is 4.14. The van der Waals surface area contributed by atoms with E-state index in [1.807, 2.05) is 4.90 Å². The predicted octanol–water partition coefficient (Wildman–Crippen LogP) is 2.41. The molecule has 1 aromatic rings. The number of carbonyl (C=O) groups is 2. The van der Waals surface area contributed by atoms with Crippen molar-refractivity contribution >= 4 is 29.1 Å². The quantitative estimate of drug-likeness (QED) is 0.861. The first-order valence-corrected chi connectivity index (χ1v) is 9.14. The highest BCUT2D eigenvalue weighted by atomic mass is 35.5. The maximum atomic E-state index is 12.6. The summed E-state index contributed by atoms with van der Waals surface area (Å²) in [5.41, 5.74) is 6.27. The largest absolute Gasteiger partial charge is 0.381 e. The molecule has 0 aromatic heterocycles. The van der Waals surface area contributed by atoms with Crippen molar-refractivity contribution in [3.05, 3.63) is 28.8 Å². The summed E-state index contributed by atoms with van der Waals surface area (Å²) in [6, 6.07) is 4.98. The van der Waals surface area contributed by atoms with E-state index in [1.165, 1.54) is 0 Å². The number of piperidine rings is 1. The molecule has 0 radical (unpaired) electrons. The van der Waals surface area contributed by atoms with Crippen LogP contribution in [-0.4, -0.2) is 48.6 Å². The van der Waals surface area contributed by atoms with E-state index < -0.39 is 5.54 Å². The molecular weight excluding hydrogens is 342 g/mol. The summed E-state index contributed by atoms with van der Waals surface area (Å²) in [7, 11) is 0. The van der Waals surface area contributed by atoms with Crippen molar-refractivity contribution in [2.24, 2.45) is 5.73 Å². The number of benzene rings is 1. The molecular formula is C18H24ClN3O3.